The Balaban J connectivity index is 1.38. The summed E-state index contributed by atoms with van der Waals surface area (Å²) in [5, 5.41) is 2.78. The number of hydrogen-bond donors (Lipinski definition) is 2. The van der Waals surface area contributed by atoms with Gasteiger partial charge in [-0.05, 0) is 64.3 Å². The van der Waals surface area contributed by atoms with Crippen molar-refractivity contribution in [3.63, 3.8) is 0 Å². The van der Waals surface area contributed by atoms with Crippen LogP contribution in [-0.2, 0) is 18.8 Å². The van der Waals surface area contributed by atoms with Crippen LogP contribution in [0.1, 0.15) is 85.5 Å². The van der Waals surface area contributed by atoms with Crippen LogP contribution >= 0.6 is 0 Å². The first-order valence-corrected chi connectivity index (χ1v) is 14.6. The Labute approximate surface area is 237 Å². The molecular formula is C30H43BN4O5. The van der Waals surface area contributed by atoms with Crippen LogP contribution in [0.2, 0.25) is 0 Å². The molecule has 2 aromatic rings. The van der Waals surface area contributed by atoms with E-state index in [1.54, 1.807) is 0 Å². The molecule has 5 rings (SSSR count). The average molecular weight is 551 g/mol. The molecule has 40 heavy (non-hydrogen) atoms. The maximum absolute atomic E-state index is 14.0. The minimum Gasteiger partial charge on any atom is -0.453 e. The summed E-state index contributed by atoms with van der Waals surface area (Å²) >= 11 is 0. The third-order valence-corrected chi connectivity index (χ3v) is 9.38. The number of nitrogens with zero attached hydrogens (tertiary/aromatic N) is 2. The van der Waals surface area contributed by atoms with Crippen molar-refractivity contribution in [1.29, 1.82) is 0 Å². The van der Waals surface area contributed by atoms with Gasteiger partial charge in [0.2, 0.25) is 5.91 Å². The van der Waals surface area contributed by atoms with Gasteiger partial charge in [-0.2, -0.15) is 0 Å². The Hall–Kier alpha value is -2.85. The van der Waals surface area contributed by atoms with Crippen LogP contribution in [0, 0.1) is 11.8 Å². The van der Waals surface area contributed by atoms with Crippen LogP contribution in [0.25, 0.3) is 11.3 Å². The molecule has 1 aromatic heterocycles. The second-order valence-corrected chi connectivity index (χ2v) is 12.8. The summed E-state index contributed by atoms with van der Waals surface area (Å²) in [5.74, 6) is 1.07. The molecule has 9 nitrogen and oxygen atoms in total. The van der Waals surface area contributed by atoms with E-state index in [0.717, 1.165) is 48.2 Å². The summed E-state index contributed by atoms with van der Waals surface area (Å²) in [6.45, 7) is 12.1. The Bertz CT molecular complexity index is 1210. The van der Waals surface area contributed by atoms with Gasteiger partial charge >= 0.3 is 13.2 Å². The highest BCUT2D eigenvalue weighted by Crippen LogP contribution is 2.46. The Morgan fingerprint density at radius 1 is 1.10 bits per heavy atom. The van der Waals surface area contributed by atoms with Gasteiger partial charge < -0.3 is 29.2 Å². The minimum absolute atomic E-state index is 0.0653. The molecule has 0 unspecified atom stereocenters. The molecule has 3 fully saturated rings. The number of imidazole rings is 1. The number of carbonyl (C=O) groups excluding carboxylic acids is 2. The van der Waals surface area contributed by atoms with Crippen molar-refractivity contribution in [2.45, 2.75) is 103 Å². The molecule has 1 saturated carbocycles. The summed E-state index contributed by atoms with van der Waals surface area (Å²) in [7, 11) is 0.905. The van der Waals surface area contributed by atoms with Gasteiger partial charge in [0, 0.05) is 17.8 Å². The van der Waals surface area contributed by atoms with Crippen LogP contribution in [0.3, 0.4) is 0 Å². The number of aromatic amines is 1. The van der Waals surface area contributed by atoms with Gasteiger partial charge in [0.25, 0.3) is 0 Å². The van der Waals surface area contributed by atoms with Crippen LogP contribution in [0.5, 0.6) is 0 Å². The number of methoxy groups -OCH3 is 1. The largest absolute Gasteiger partial charge is 0.494 e. The highest BCUT2D eigenvalue weighted by atomic mass is 16.7. The van der Waals surface area contributed by atoms with E-state index in [4.69, 9.17) is 19.0 Å². The molecule has 3 heterocycles. The lowest BCUT2D eigenvalue weighted by molar-refractivity contribution is -0.138. The molecule has 1 aromatic carbocycles. The van der Waals surface area contributed by atoms with Crippen LogP contribution in [0.4, 0.5) is 4.79 Å². The molecule has 0 bridgehead atoms. The van der Waals surface area contributed by atoms with E-state index in [2.05, 4.69) is 38.0 Å². The maximum Gasteiger partial charge on any atom is 0.494 e. The van der Waals surface area contributed by atoms with E-state index in [1.807, 2.05) is 49.2 Å². The summed E-state index contributed by atoms with van der Waals surface area (Å²) in [6, 6.07) is 7.44. The lowest BCUT2D eigenvalue weighted by atomic mass is 9.79. The molecular weight excluding hydrogens is 507 g/mol. The summed E-state index contributed by atoms with van der Waals surface area (Å²) in [6.07, 6.45) is 6.56. The molecule has 2 amide bonds. The van der Waals surface area contributed by atoms with Gasteiger partial charge in [0.1, 0.15) is 11.9 Å². The number of rotatable bonds is 6. The number of likely N-dealkylation sites (tertiary alicyclic amines) is 1. The third kappa shape index (κ3) is 5.28. The van der Waals surface area contributed by atoms with E-state index in [9.17, 15) is 9.59 Å². The number of fused-ring (bicyclic) bond motifs is 1. The SMILES string of the molecule is COC(=O)N[C@H](C(=O)N1[C@H](c2nc(-c3ccc(B4OC(C)(C)C(C)(C)O4)cc3)c[nH]2)C[C@@H]2CCCC[C@@H]21)C(C)C. The zero-order valence-corrected chi connectivity index (χ0v) is 24.8. The van der Waals surface area contributed by atoms with Gasteiger partial charge in [-0.15, -0.1) is 0 Å². The molecule has 4 atom stereocenters. The minimum atomic E-state index is -0.660. The van der Waals surface area contributed by atoms with E-state index in [0.29, 0.717) is 5.92 Å². The predicted octanol–water partition coefficient (Wildman–Crippen LogP) is 4.59. The predicted molar refractivity (Wildman–Crippen MR) is 154 cm³/mol. The van der Waals surface area contributed by atoms with E-state index in [1.165, 1.54) is 13.5 Å². The van der Waals surface area contributed by atoms with Crippen molar-refractivity contribution in [1.82, 2.24) is 20.2 Å². The fraction of sp³-hybridized carbons (Fsp3) is 0.633. The quantitative estimate of drug-likeness (QED) is 0.510. The number of hydrogen-bond acceptors (Lipinski definition) is 6. The number of benzene rings is 1. The van der Waals surface area contributed by atoms with Crippen molar-refractivity contribution >= 4 is 24.6 Å². The molecule has 0 radical (unpaired) electrons. The lowest BCUT2D eigenvalue weighted by Gasteiger charge is -2.36. The Kier molecular flexibility index (Phi) is 7.78. The maximum atomic E-state index is 14.0. The Morgan fingerprint density at radius 2 is 1.75 bits per heavy atom. The molecule has 2 aliphatic heterocycles. The van der Waals surface area contributed by atoms with Crippen LogP contribution < -0.4 is 10.8 Å². The molecule has 2 N–H and O–H groups in total. The standard InChI is InChI=1S/C30H43BN4O5/c1-18(2)25(34-28(37)38-7)27(36)35-23-11-9-8-10-20(23)16-24(35)26-32-17-22(33-26)19-12-14-21(15-13-19)31-39-29(3,4)30(5,6)40-31/h12-15,17-18,20,23-25H,8-11,16H2,1-7H3,(H,32,33)(H,34,37)/t20-,23-,24-,25-/m0/s1. The molecule has 0 spiro atoms. The van der Waals surface area contributed by atoms with Gasteiger partial charge in [-0.25, -0.2) is 9.78 Å². The van der Waals surface area contributed by atoms with Gasteiger partial charge in [-0.1, -0.05) is 51.0 Å². The van der Waals surface area contributed by atoms with E-state index >= 15 is 0 Å². The first kappa shape index (κ1) is 28.7. The van der Waals surface area contributed by atoms with Crippen molar-refractivity contribution in [2.75, 3.05) is 7.11 Å². The molecule has 3 aliphatic rings. The van der Waals surface area contributed by atoms with Gasteiger partial charge in [0.05, 0.1) is 30.0 Å². The average Bonchev–Trinajstić information content (AvgIpc) is 3.60. The molecule has 1 aliphatic carbocycles. The van der Waals surface area contributed by atoms with E-state index < -0.39 is 30.5 Å². The number of nitrogens with one attached hydrogen (secondary N) is 2. The van der Waals surface area contributed by atoms with Crippen LogP contribution in [-0.4, -0.2) is 64.4 Å². The fourth-order valence-electron chi connectivity index (χ4n) is 6.33. The first-order valence-electron chi connectivity index (χ1n) is 14.6. The molecule has 216 valence electrons. The zero-order valence-electron chi connectivity index (χ0n) is 24.8. The highest BCUT2D eigenvalue weighted by molar-refractivity contribution is 6.62. The molecule has 2 saturated heterocycles. The number of alkyl carbamates (subject to hydrolysis) is 1. The topological polar surface area (TPSA) is 106 Å². The summed E-state index contributed by atoms with van der Waals surface area (Å²) < 4.78 is 17.2. The first-order chi connectivity index (χ1) is 18.9. The zero-order chi connectivity index (χ0) is 28.8. The second-order valence-electron chi connectivity index (χ2n) is 12.8. The Morgan fingerprint density at radius 3 is 2.38 bits per heavy atom. The monoisotopic (exact) mass is 550 g/mol. The normalized spacial score (nSPS) is 26.1. The third-order valence-electron chi connectivity index (χ3n) is 9.38. The lowest BCUT2D eigenvalue weighted by Crippen LogP contribution is -2.53. The summed E-state index contributed by atoms with van der Waals surface area (Å²) in [5.41, 5.74) is 1.98. The van der Waals surface area contributed by atoms with Crippen molar-refractivity contribution in [2.24, 2.45) is 11.8 Å². The molecule has 10 heteroatoms. The second kappa shape index (κ2) is 10.9. The summed E-state index contributed by atoms with van der Waals surface area (Å²) in [4.78, 5) is 36.5. The number of amides is 2. The number of ether oxygens (including phenoxy) is 1. The van der Waals surface area contributed by atoms with Crippen molar-refractivity contribution in [3.8, 4) is 11.3 Å². The fourth-order valence-corrected chi connectivity index (χ4v) is 6.33. The van der Waals surface area contributed by atoms with Crippen molar-refractivity contribution < 1.29 is 23.6 Å². The smallest absolute Gasteiger partial charge is 0.453 e. The van der Waals surface area contributed by atoms with E-state index in [-0.39, 0.29) is 23.9 Å². The highest BCUT2D eigenvalue weighted by Gasteiger charge is 2.52. The van der Waals surface area contributed by atoms with Crippen molar-refractivity contribution in [3.05, 3.63) is 36.3 Å². The number of carbonyl (C=O) groups is 2. The number of H-pyrrole nitrogens is 1. The number of aromatic nitrogens is 2. The van der Waals surface area contributed by atoms with Gasteiger partial charge in [-0.3, -0.25) is 4.79 Å². The van der Waals surface area contributed by atoms with Gasteiger partial charge in [0.15, 0.2) is 0 Å². The van der Waals surface area contributed by atoms with Crippen LogP contribution in [0.15, 0.2) is 30.5 Å².